The Morgan fingerprint density at radius 2 is 1.75 bits per heavy atom. The number of aliphatic hydroxyl groups is 3. The van der Waals surface area contributed by atoms with Gasteiger partial charge in [-0.05, 0) is 23.6 Å². The summed E-state index contributed by atoms with van der Waals surface area (Å²) < 4.78 is 11.1. The predicted octanol–water partition coefficient (Wildman–Crippen LogP) is -0.398. The van der Waals surface area contributed by atoms with Crippen LogP contribution in [0.1, 0.15) is 26.3 Å². The molecule has 0 heterocycles. The zero-order valence-electron chi connectivity index (χ0n) is 15.2. The smallest absolute Gasteiger partial charge is 0.137 e. The summed E-state index contributed by atoms with van der Waals surface area (Å²) in [6.45, 7) is 7.90. The van der Waals surface area contributed by atoms with Crippen molar-refractivity contribution in [2.45, 2.75) is 32.3 Å². The average molecular weight is 342 g/mol. The van der Waals surface area contributed by atoms with Gasteiger partial charge in [0, 0.05) is 5.56 Å². The van der Waals surface area contributed by atoms with E-state index in [4.69, 9.17) is 19.7 Å². The lowest BCUT2D eigenvalue weighted by Crippen LogP contribution is -3.14. The SMILES string of the molecule is COc1ccc(OC[C@H](O)C[NH+](CCO)CCO)c(C(C)(C)C)c1. The van der Waals surface area contributed by atoms with Gasteiger partial charge in [-0.1, -0.05) is 20.8 Å². The second-order valence-corrected chi connectivity index (χ2v) is 6.98. The third kappa shape index (κ3) is 6.65. The van der Waals surface area contributed by atoms with Crippen molar-refractivity contribution in [3.63, 3.8) is 0 Å². The van der Waals surface area contributed by atoms with Gasteiger partial charge in [-0.15, -0.1) is 0 Å². The molecule has 1 aromatic carbocycles. The quantitative estimate of drug-likeness (QED) is 0.465. The Balaban J connectivity index is 2.72. The summed E-state index contributed by atoms with van der Waals surface area (Å²) in [5.41, 5.74) is 0.906. The van der Waals surface area contributed by atoms with Crippen molar-refractivity contribution in [1.82, 2.24) is 0 Å². The fourth-order valence-corrected chi connectivity index (χ4v) is 2.57. The van der Waals surface area contributed by atoms with Crippen LogP contribution in [0.4, 0.5) is 0 Å². The molecule has 0 aromatic heterocycles. The van der Waals surface area contributed by atoms with Crippen LogP contribution in [0.15, 0.2) is 18.2 Å². The van der Waals surface area contributed by atoms with E-state index < -0.39 is 6.10 Å². The molecular formula is C18H32NO5+. The molecule has 1 atom stereocenters. The molecule has 0 unspecified atom stereocenters. The molecule has 0 saturated heterocycles. The summed E-state index contributed by atoms with van der Waals surface area (Å²) in [5.74, 6) is 1.50. The van der Waals surface area contributed by atoms with Crippen molar-refractivity contribution < 1.29 is 29.7 Å². The van der Waals surface area contributed by atoms with E-state index in [2.05, 4.69) is 20.8 Å². The van der Waals surface area contributed by atoms with Crippen LogP contribution >= 0.6 is 0 Å². The highest BCUT2D eigenvalue weighted by Crippen LogP contribution is 2.34. The molecule has 0 aliphatic heterocycles. The Hall–Kier alpha value is -1.34. The second kappa shape index (κ2) is 9.84. The lowest BCUT2D eigenvalue weighted by Gasteiger charge is -2.25. The van der Waals surface area contributed by atoms with Crippen LogP contribution in [-0.2, 0) is 5.41 Å². The van der Waals surface area contributed by atoms with Gasteiger partial charge >= 0.3 is 0 Å². The first kappa shape index (κ1) is 20.7. The van der Waals surface area contributed by atoms with Crippen LogP contribution in [0.3, 0.4) is 0 Å². The Morgan fingerprint density at radius 3 is 2.25 bits per heavy atom. The number of rotatable bonds is 10. The lowest BCUT2D eigenvalue weighted by atomic mass is 9.86. The Bertz CT molecular complexity index is 481. The molecule has 0 bridgehead atoms. The third-order valence-electron chi connectivity index (χ3n) is 3.88. The number of methoxy groups -OCH3 is 1. The zero-order chi connectivity index (χ0) is 18.2. The minimum atomic E-state index is -0.673. The number of aliphatic hydroxyl groups excluding tert-OH is 3. The number of ether oxygens (including phenoxy) is 2. The summed E-state index contributed by atoms with van der Waals surface area (Å²) in [7, 11) is 1.63. The highest BCUT2D eigenvalue weighted by molar-refractivity contribution is 5.44. The standard InChI is InChI=1S/C18H31NO5/c1-18(2,3)16-11-15(23-4)5-6-17(16)24-13-14(22)12-19(7-9-20)8-10-21/h5-6,11,14,20-22H,7-10,12-13H2,1-4H3/p+1/t14-/m1/s1. The summed E-state index contributed by atoms with van der Waals surface area (Å²) in [6.07, 6.45) is -0.673. The van der Waals surface area contributed by atoms with Crippen molar-refractivity contribution in [2.24, 2.45) is 0 Å². The highest BCUT2D eigenvalue weighted by atomic mass is 16.5. The first-order valence-corrected chi connectivity index (χ1v) is 8.36. The van der Waals surface area contributed by atoms with Gasteiger partial charge in [0.25, 0.3) is 0 Å². The first-order valence-electron chi connectivity index (χ1n) is 8.36. The molecule has 0 aliphatic carbocycles. The highest BCUT2D eigenvalue weighted by Gasteiger charge is 2.21. The topological polar surface area (TPSA) is 83.6 Å². The van der Waals surface area contributed by atoms with E-state index in [9.17, 15) is 5.11 Å². The molecule has 0 fully saturated rings. The normalized spacial score (nSPS) is 13.2. The summed E-state index contributed by atoms with van der Waals surface area (Å²) in [6, 6.07) is 5.65. The molecule has 138 valence electrons. The largest absolute Gasteiger partial charge is 0.497 e. The van der Waals surface area contributed by atoms with Gasteiger partial charge in [0.05, 0.1) is 20.3 Å². The maximum absolute atomic E-state index is 10.2. The zero-order valence-corrected chi connectivity index (χ0v) is 15.2. The van der Waals surface area contributed by atoms with Crippen molar-refractivity contribution in [3.05, 3.63) is 23.8 Å². The van der Waals surface area contributed by atoms with Gasteiger partial charge in [-0.25, -0.2) is 0 Å². The van der Waals surface area contributed by atoms with E-state index in [-0.39, 0.29) is 25.2 Å². The molecule has 24 heavy (non-hydrogen) atoms. The van der Waals surface area contributed by atoms with Gasteiger partial charge in [0.1, 0.15) is 43.8 Å². The maximum Gasteiger partial charge on any atom is 0.137 e. The van der Waals surface area contributed by atoms with E-state index in [0.717, 1.165) is 22.0 Å². The molecule has 0 spiro atoms. The number of quaternary nitrogens is 1. The average Bonchev–Trinajstić information content (AvgIpc) is 2.52. The van der Waals surface area contributed by atoms with E-state index in [1.54, 1.807) is 7.11 Å². The van der Waals surface area contributed by atoms with Crippen LogP contribution in [0.25, 0.3) is 0 Å². The molecule has 1 rings (SSSR count). The lowest BCUT2D eigenvalue weighted by molar-refractivity contribution is -0.903. The van der Waals surface area contributed by atoms with E-state index in [1.165, 1.54) is 0 Å². The Morgan fingerprint density at radius 1 is 1.12 bits per heavy atom. The molecule has 4 N–H and O–H groups in total. The Kier molecular flexibility index (Phi) is 8.48. The number of benzene rings is 1. The molecule has 0 aliphatic rings. The number of hydrogen-bond donors (Lipinski definition) is 4. The molecule has 6 heteroatoms. The van der Waals surface area contributed by atoms with Crippen molar-refractivity contribution >= 4 is 0 Å². The third-order valence-corrected chi connectivity index (χ3v) is 3.88. The number of nitrogens with one attached hydrogen (secondary N) is 1. The minimum Gasteiger partial charge on any atom is -0.497 e. The monoisotopic (exact) mass is 342 g/mol. The van der Waals surface area contributed by atoms with Crippen molar-refractivity contribution in [3.8, 4) is 11.5 Å². The van der Waals surface area contributed by atoms with Crippen LogP contribution in [-0.4, -0.2) is 68.0 Å². The fraction of sp³-hybridized carbons (Fsp3) is 0.667. The van der Waals surface area contributed by atoms with Crippen molar-refractivity contribution in [2.75, 3.05) is 46.6 Å². The van der Waals surface area contributed by atoms with Gasteiger partial charge in [-0.2, -0.15) is 0 Å². The van der Waals surface area contributed by atoms with Crippen molar-refractivity contribution in [1.29, 1.82) is 0 Å². The van der Waals surface area contributed by atoms with E-state index >= 15 is 0 Å². The summed E-state index contributed by atoms with van der Waals surface area (Å²) in [4.78, 5) is 0.946. The van der Waals surface area contributed by atoms with Gasteiger partial charge in [-0.3, -0.25) is 0 Å². The Labute approximate surface area is 144 Å². The molecule has 6 nitrogen and oxygen atoms in total. The van der Waals surface area contributed by atoms with Crippen LogP contribution in [0, 0.1) is 0 Å². The molecular weight excluding hydrogens is 310 g/mol. The summed E-state index contributed by atoms with van der Waals surface area (Å²) in [5, 5.41) is 28.3. The number of hydrogen-bond acceptors (Lipinski definition) is 5. The fourth-order valence-electron chi connectivity index (χ4n) is 2.57. The summed E-state index contributed by atoms with van der Waals surface area (Å²) >= 11 is 0. The second-order valence-electron chi connectivity index (χ2n) is 6.98. The van der Waals surface area contributed by atoms with Gasteiger partial charge in [0.15, 0.2) is 0 Å². The van der Waals surface area contributed by atoms with E-state index in [1.807, 2.05) is 18.2 Å². The first-order chi connectivity index (χ1) is 11.3. The van der Waals surface area contributed by atoms with E-state index in [0.29, 0.717) is 19.6 Å². The maximum atomic E-state index is 10.2. The van der Waals surface area contributed by atoms with Gasteiger partial charge in [0.2, 0.25) is 0 Å². The molecule has 1 aromatic rings. The van der Waals surface area contributed by atoms with Crippen LogP contribution in [0.5, 0.6) is 11.5 Å². The molecule has 0 radical (unpaired) electrons. The predicted molar refractivity (Wildman–Crippen MR) is 92.9 cm³/mol. The minimum absolute atomic E-state index is 0.0234. The molecule has 0 amide bonds. The van der Waals surface area contributed by atoms with Gasteiger partial charge < -0.3 is 29.7 Å². The van der Waals surface area contributed by atoms with Crippen LogP contribution in [0.2, 0.25) is 0 Å². The van der Waals surface area contributed by atoms with Crippen LogP contribution < -0.4 is 14.4 Å². The molecule has 0 saturated carbocycles.